The molecular weight excluding hydrogens is 328 g/mol. The molecule has 0 saturated carbocycles. The van der Waals surface area contributed by atoms with E-state index in [1.54, 1.807) is 6.07 Å². The second-order valence-corrected chi connectivity index (χ2v) is 5.61. The van der Waals surface area contributed by atoms with Gasteiger partial charge < -0.3 is 4.90 Å². The van der Waals surface area contributed by atoms with Gasteiger partial charge in [-0.2, -0.15) is 0 Å². The summed E-state index contributed by atoms with van der Waals surface area (Å²) in [5, 5.41) is 0.471. The molecule has 1 aliphatic heterocycles. The molecule has 0 aromatic heterocycles. The Balaban J connectivity index is 2.06. The number of benzene rings is 1. The highest BCUT2D eigenvalue weighted by atomic mass is 79.9. The molecule has 0 N–H and O–H groups in total. The van der Waals surface area contributed by atoms with Gasteiger partial charge in [-0.3, -0.25) is 9.69 Å². The Morgan fingerprint density at radius 2 is 2.05 bits per heavy atom. The quantitative estimate of drug-likeness (QED) is 0.772. The Labute approximate surface area is 126 Å². The molecule has 0 radical (unpaired) electrons. The van der Waals surface area contributed by atoms with Crippen LogP contribution >= 0.6 is 27.5 Å². The van der Waals surface area contributed by atoms with Crippen LogP contribution in [0.1, 0.15) is 10.4 Å². The van der Waals surface area contributed by atoms with Gasteiger partial charge >= 0.3 is 0 Å². The first-order valence-corrected chi connectivity index (χ1v) is 7.19. The first-order chi connectivity index (χ1) is 9.13. The van der Waals surface area contributed by atoms with Crippen LogP contribution < -0.4 is 0 Å². The maximum Gasteiger partial charge on any atom is 0.255 e. The molecule has 19 heavy (non-hydrogen) atoms. The predicted octanol–water partition coefficient (Wildman–Crippen LogP) is 2.49. The third-order valence-corrected chi connectivity index (χ3v) is 4.45. The lowest BCUT2D eigenvalue weighted by Crippen LogP contribution is -2.48. The standard InChI is InChI=1S/C14H14BrClN2O/c1-2-6-17-7-9-18(10-8-17)14(19)11-4-3-5-12(15)13(11)16/h1,3-5H,6-10H2. The number of carbonyl (C=O) groups excluding carboxylic acids is 1. The molecule has 3 nitrogen and oxygen atoms in total. The summed E-state index contributed by atoms with van der Waals surface area (Å²) in [6.45, 7) is 3.62. The monoisotopic (exact) mass is 340 g/mol. The number of hydrogen-bond acceptors (Lipinski definition) is 2. The minimum atomic E-state index is -0.0216. The average Bonchev–Trinajstić information content (AvgIpc) is 2.42. The highest BCUT2D eigenvalue weighted by Gasteiger charge is 2.23. The Hall–Kier alpha value is -1.02. The van der Waals surface area contributed by atoms with Crippen LogP contribution in [-0.4, -0.2) is 48.4 Å². The molecule has 0 spiro atoms. The number of piperazine rings is 1. The molecule has 1 heterocycles. The van der Waals surface area contributed by atoms with E-state index in [1.807, 2.05) is 17.0 Å². The number of hydrogen-bond donors (Lipinski definition) is 0. The Morgan fingerprint density at radius 1 is 1.37 bits per heavy atom. The van der Waals surface area contributed by atoms with Crippen molar-refractivity contribution in [3.63, 3.8) is 0 Å². The number of carbonyl (C=O) groups is 1. The first-order valence-electron chi connectivity index (χ1n) is 6.02. The second-order valence-electron chi connectivity index (χ2n) is 4.37. The normalized spacial score (nSPS) is 16.2. The van der Waals surface area contributed by atoms with Crippen molar-refractivity contribution in [2.45, 2.75) is 0 Å². The fraction of sp³-hybridized carbons (Fsp3) is 0.357. The molecule has 1 saturated heterocycles. The van der Waals surface area contributed by atoms with Crippen molar-refractivity contribution in [2.24, 2.45) is 0 Å². The Morgan fingerprint density at radius 3 is 2.68 bits per heavy atom. The maximum atomic E-state index is 12.4. The number of nitrogens with zero attached hydrogens (tertiary/aromatic N) is 2. The molecule has 1 aromatic rings. The van der Waals surface area contributed by atoms with E-state index in [9.17, 15) is 4.79 Å². The molecule has 0 aliphatic carbocycles. The molecule has 1 amide bonds. The smallest absolute Gasteiger partial charge is 0.255 e. The van der Waals surface area contributed by atoms with Crippen LogP contribution in [-0.2, 0) is 0 Å². The second kappa shape index (κ2) is 6.42. The molecule has 0 bridgehead atoms. The summed E-state index contributed by atoms with van der Waals surface area (Å²) >= 11 is 9.49. The lowest BCUT2D eigenvalue weighted by atomic mass is 10.2. The van der Waals surface area contributed by atoms with Crippen LogP contribution in [0.25, 0.3) is 0 Å². The molecule has 2 rings (SSSR count). The van der Waals surface area contributed by atoms with Crippen LogP contribution in [0.2, 0.25) is 5.02 Å². The van der Waals surface area contributed by atoms with Crippen molar-refractivity contribution in [1.82, 2.24) is 9.80 Å². The van der Waals surface area contributed by atoms with Gasteiger partial charge in [0.2, 0.25) is 0 Å². The zero-order valence-corrected chi connectivity index (χ0v) is 12.7. The zero-order valence-electron chi connectivity index (χ0n) is 10.4. The van der Waals surface area contributed by atoms with Crippen LogP contribution in [0.3, 0.4) is 0 Å². The van der Waals surface area contributed by atoms with Crippen LogP contribution in [0, 0.1) is 12.3 Å². The van der Waals surface area contributed by atoms with Crippen molar-refractivity contribution in [2.75, 3.05) is 32.7 Å². The molecule has 100 valence electrons. The SMILES string of the molecule is C#CCN1CCN(C(=O)c2cccc(Br)c2Cl)CC1. The summed E-state index contributed by atoms with van der Waals surface area (Å²) < 4.78 is 0.742. The van der Waals surface area contributed by atoms with Gasteiger partial charge in [-0.05, 0) is 28.1 Å². The van der Waals surface area contributed by atoms with Gasteiger partial charge in [-0.15, -0.1) is 6.42 Å². The van der Waals surface area contributed by atoms with Gasteiger partial charge in [0.05, 0.1) is 17.1 Å². The van der Waals surface area contributed by atoms with Crippen molar-refractivity contribution in [3.8, 4) is 12.3 Å². The topological polar surface area (TPSA) is 23.6 Å². The van der Waals surface area contributed by atoms with Crippen LogP contribution in [0.4, 0.5) is 0 Å². The van der Waals surface area contributed by atoms with E-state index < -0.39 is 0 Å². The maximum absolute atomic E-state index is 12.4. The highest BCUT2D eigenvalue weighted by molar-refractivity contribution is 9.10. The molecule has 1 fully saturated rings. The van der Waals surface area contributed by atoms with Gasteiger partial charge in [-0.1, -0.05) is 23.6 Å². The Kier molecular flexibility index (Phi) is 4.87. The van der Waals surface area contributed by atoms with Crippen molar-refractivity contribution < 1.29 is 4.79 Å². The fourth-order valence-corrected chi connectivity index (χ4v) is 2.65. The van der Waals surface area contributed by atoms with Crippen molar-refractivity contribution in [3.05, 3.63) is 33.3 Å². The summed E-state index contributed by atoms with van der Waals surface area (Å²) in [7, 11) is 0. The van der Waals surface area contributed by atoms with Gasteiger partial charge in [0.25, 0.3) is 5.91 Å². The molecule has 0 unspecified atom stereocenters. The highest BCUT2D eigenvalue weighted by Crippen LogP contribution is 2.27. The van der Waals surface area contributed by atoms with E-state index in [4.69, 9.17) is 18.0 Å². The van der Waals surface area contributed by atoms with Gasteiger partial charge in [0.15, 0.2) is 0 Å². The summed E-state index contributed by atoms with van der Waals surface area (Å²) in [5.74, 6) is 2.60. The first kappa shape index (κ1) is 14.4. The van der Waals surface area contributed by atoms with E-state index in [2.05, 4.69) is 26.8 Å². The summed E-state index contributed by atoms with van der Waals surface area (Å²) in [4.78, 5) is 16.4. The van der Waals surface area contributed by atoms with Crippen LogP contribution in [0.5, 0.6) is 0 Å². The molecule has 5 heteroatoms. The minimum Gasteiger partial charge on any atom is -0.336 e. The third-order valence-electron chi connectivity index (χ3n) is 3.16. The van der Waals surface area contributed by atoms with Gasteiger partial charge in [0.1, 0.15) is 0 Å². The molecule has 0 atom stereocenters. The van der Waals surface area contributed by atoms with Crippen LogP contribution in [0.15, 0.2) is 22.7 Å². The summed E-state index contributed by atoms with van der Waals surface area (Å²) in [5.41, 5.74) is 0.543. The third kappa shape index (κ3) is 3.30. The van der Waals surface area contributed by atoms with E-state index in [0.717, 1.165) is 17.6 Å². The predicted molar refractivity (Wildman–Crippen MR) is 80.3 cm³/mol. The van der Waals surface area contributed by atoms with Gasteiger partial charge in [0, 0.05) is 30.7 Å². The molecule has 1 aromatic carbocycles. The number of halogens is 2. The number of amides is 1. The largest absolute Gasteiger partial charge is 0.336 e. The number of terminal acetylenes is 1. The number of rotatable bonds is 2. The fourth-order valence-electron chi connectivity index (χ4n) is 2.08. The molecular formula is C14H14BrClN2O. The minimum absolute atomic E-state index is 0.0216. The zero-order chi connectivity index (χ0) is 13.8. The lowest BCUT2D eigenvalue weighted by Gasteiger charge is -2.33. The lowest BCUT2D eigenvalue weighted by molar-refractivity contribution is 0.0652. The molecule has 1 aliphatic rings. The summed E-state index contributed by atoms with van der Waals surface area (Å²) in [6.07, 6.45) is 5.29. The van der Waals surface area contributed by atoms with E-state index in [0.29, 0.717) is 30.2 Å². The van der Waals surface area contributed by atoms with E-state index in [-0.39, 0.29) is 5.91 Å². The van der Waals surface area contributed by atoms with Crippen molar-refractivity contribution >= 4 is 33.4 Å². The van der Waals surface area contributed by atoms with E-state index in [1.165, 1.54) is 0 Å². The average molecular weight is 342 g/mol. The van der Waals surface area contributed by atoms with E-state index >= 15 is 0 Å². The van der Waals surface area contributed by atoms with Gasteiger partial charge in [-0.25, -0.2) is 0 Å². The summed E-state index contributed by atoms with van der Waals surface area (Å²) in [6, 6.07) is 5.39. The van der Waals surface area contributed by atoms with Crippen molar-refractivity contribution in [1.29, 1.82) is 0 Å². The Bertz CT molecular complexity index is 519.